The molecule has 6 nitrogen and oxygen atoms in total. The van der Waals surface area contributed by atoms with E-state index in [1.165, 1.54) is 6.92 Å². The normalized spacial score (nSPS) is 14.4. The number of rotatable bonds is 6. The number of Topliss-reactive ketones (excluding diaryl/α,β-unsaturated/α-hetero) is 1. The fourth-order valence-electron chi connectivity index (χ4n) is 3.95. The van der Waals surface area contributed by atoms with E-state index in [0.717, 1.165) is 58.1 Å². The van der Waals surface area contributed by atoms with E-state index in [-0.39, 0.29) is 12.4 Å². The van der Waals surface area contributed by atoms with Crippen LogP contribution in [0.15, 0.2) is 35.5 Å². The van der Waals surface area contributed by atoms with Crippen LogP contribution in [0, 0.1) is 0 Å². The third-order valence-electron chi connectivity index (χ3n) is 5.33. The monoisotopic (exact) mass is 392 g/mol. The van der Waals surface area contributed by atoms with Crippen LogP contribution in [-0.4, -0.2) is 28.6 Å². The first kappa shape index (κ1) is 19.2. The molecule has 0 N–H and O–H groups in total. The van der Waals surface area contributed by atoms with Gasteiger partial charge in [0.25, 0.3) is 0 Å². The van der Waals surface area contributed by atoms with Crippen LogP contribution in [0.25, 0.3) is 21.8 Å². The molecule has 0 atom stereocenters. The molecule has 0 saturated carbocycles. The summed E-state index contributed by atoms with van der Waals surface area (Å²) in [5.41, 5.74) is 4.25. The topological polar surface area (TPSA) is 69.9 Å². The van der Waals surface area contributed by atoms with E-state index in [4.69, 9.17) is 9.57 Å². The van der Waals surface area contributed by atoms with Gasteiger partial charge in [-0.05, 0) is 43.7 Å². The Morgan fingerprint density at radius 1 is 1.17 bits per heavy atom. The quantitative estimate of drug-likeness (QED) is 0.342. The smallest absolute Gasteiger partial charge is 0.331 e. The van der Waals surface area contributed by atoms with Gasteiger partial charge >= 0.3 is 5.97 Å². The van der Waals surface area contributed by atoms with Gasteiger partial charge in [0.05, 0.1) is 10.9 Å². The number of hydrogen-bond donors (Lipinski definition) is 0. The number of nitrogens with zero attached hydrogens (tertiary/aromatic N) is 2. The SMILES string of the molecule is CCCCC(=O)c1ccc2c(c1)c1c3c(ccc1n2CC)/C(=N/OC(C)=O)CO3. The second-order valence-electron chi connectivity index (χ2n) is 7.25. The minimum Gasteiger partial charge on any atom is -0.486 e. The number of unbranched alkanes of at least 4 members (excludes halogenated alkanes) is 1. The van der Waals surface area contributed by atoms with Crippen molar-refractivity contribution in [1.29, 1.82) is 0 Å². The van der Waals surface area contributed by atoms with Gasteiger partial charge in [-0.1, -0.05) is 18.5 Å². The summed E-state index contributed by atoms with van der Waals surface area (Å²) in [5, 5.41) is 5.90. The minimum absolute atomic E-state index is 0.164. The Balaban J connectivity index is 1.91. The fraction of sp³-hybridized carbons (Fsp3) is 0.348. The molecule has 0 spiro atoms. The van der Waals surface area contributed by atoms with Gasteiger partial charge in [-0.15, -0.1) is 0 Å². The number of aromatic nitrogens is 1. The van der Waals surface area contributed by atoms with E-state index < -0.39 is 5.97 Å². The van der Waals surface area contributed by atoms with Crippen molar-refractivity contribution in [1.82, 2.24) is 4.57 Å². The Hall–Kier alpha value is -3.15. The largest absolute Gasteiger partial charge is 0.486 e. The number of fused-ring (bicyclic) bond motifs is 5. The molecule has 0 saturated heterocycles. The highest BCUT2D eigenvalue weighted by atomic mass is 16.7. The van der Waals surface area contributed by atoms with Gasteiger partial charge in [0.15, 0.2) is 5.78 Å². The molecular weight excluding hydrogens is 368 g/mol. The number of benzene rings is 2. The molecule has 0 radical (unpaired) electrons. The number of ether oxygens (including phenoxy) is 1. The van der Waals surface area contributed by atoms with E-state index in [1.54, 1.807) is 0 Å². The molecule has 4 rings (SSSR count). The van der Waals surface area contributed by atoms with Crippen molar-refractivity contribution in [2.24, 2.45) is 5.16 Å². The van der Waals surface area contributed by atoms with Crippen molar-refractivity contribution in [3.63, 3.8) is 0 Å². The third kappa shape index (κ3) is 3.28. The number of ketones is 1. The van der Waals surface area contributed by atoms with Crippen molar-refractivity contribution in [2.75, 3.05) is 6.61 Å². The van der Waals surface area contributed by atoms with Crippen molar-refractivity contribution >= 4 is 39.3 Å². The van der Waals surface area contributed by atoms with E-state index in [1.807, 2.05) is 30.3 Å². The number of carbonyl (C=O) groups excluding carboxylic acids is 2. The molecule has 3 aromatic rings. The van der Waals surface area contributed by atoms with Crippen molar-refractivity contribution in [3.8, 4) is 5.75 Å². The molecule has 2 heterocycles. The first-order valence-corrected chi connectivity index (χ1v) is 10.0. The summed E-state index contributed by atoms with van der Waals surface area (Å²) in [7, 11) is 0. The molecular formula is C23H24N2O4. The molecule has 6 heteroatoms. The van der Waals surface area contributed by atoms with Crippen molar-refractivity contribution in [2.45, 2.75) is 46.6 Å². The average molecular weight is 392 g/mol. The zero-order valence-corrected chi connectivity index (χ0v) is 16.9. The number of aryl methyl sites for hydroxylation is 1. The Labute approximate surface area is 169 Å². The summed E-state index contributed by atoms with van der Waals surface area (Å²) in [6.07, 6.45) is 2.44. The Kier molecular flexibility index (Phi) is 5.09. The molecule has 1 aliphatic heterocycles. The van der Waals surface area contributed by atoms with Crippen LogP contribution in [0.1, 0.15) is 56.0 Å². The third-order valence-corrected chi connectivity index (χ3v) is 5.33. The zero-order chi connectivity index (χ0) is 20.5. The van der Waals surface area contributed by atoms with E-state index in [9.17, 15) is 9.59 Å². The lowest BCUT2D eigenvalue weighted by Crippen LogP contribution is -2.04. The summed E-state index contributed by atoms with van der Waals surface area (Å²) in [5.74, 6) is 0.422. The highest BCUT2D eigenvalue weighted by Gasteiger charge is 2.26. The second-order valence-corrected chi connectivity index (χ2v) is 7.25. The van der Waals surface area contributed by atoms with E-state index >= 15 is 0 Å². The first-order chi connectivity index (χ1) is 14.0. The Bertz CT molecular complexity index is 1160. The number of oxime groups is 1. The molecule has 0 fully saturated rings. The molecule has 0 aliphatic carbocycles. The highest BCUT2D eigenvalue weighted by molar-refractivity contribution is 6.19. The lowest BCUT2D eigenvalue weighted by atomic mass is 10.0. The molecule has 150 valence electrons. The van der Waals surface area contributed by atoms with Gasteiger partial charge in [0.2, 0.25) is 0 Å². The van der Waals surface area contributed by atoms with Gasteiger partial charge in [0.1, 0.15) is 18.1 Å². The maximum absolute atomic E-state index is 12.6. The van der Waals surface area contributed by atoms with Gasteiger partial charge < -0.3 is 14.1 Å². The molecule has 29 heavy (non-hydrogen) atoms. The maximum Gasteiger partial charge on any atom is 0.331 e. The number of carbonyl (C=O) groups is 2. The predicted molar refractivity (Wildman–Crippen MR) is 113 cm³/mol. The lowest BCUT2D eigenvalue weighted by molar-refractivity contribution is -0.140. The molecule has 0 amide bonds. The molecule has 1 aromatic heterocycles. The van der Waals surface area contributed by atoms with Crippen molar-refractivity contribution in [3.05, 3.63) is 41.5 Å². The van der Waals surface area contributed by atoms with Crippen LogP contribution in [0.5, 0.6) is 5.75 Å². The van der Waals surface area contributed by atoms with E-state index in [0.29, 0.717) is 12.1 Å². The highest BCUT2D eigenvalue weighted by Crippen LogP contribution is 2.41. The second kappa shape index (κ2) is 7.70. The predicted octanol–water partition coefficient (Wildman–Crippen LogP) is 4.85. The van der Waals surface area contributed by atoms with Gasteiger partial charge in [-0.2, -0.15) is 0 Å². The summed E-state index contributed by atoms with van der Waals surface area (Å²) >= 11 is 0. The lowest BCUT2D eigenvalue weighted by Gasteiger charge is -2.04. The standard InChI is InChI=1S/C23H24N2O4/c1-4-6-7-21(27)15-8-10-19-17(12-15)22-20(25(19)5-2)11-9-16-18(13-28-23(16)22)24-29-14(3)26/h8-12H,4-7,13H2,1-3H3/b24-18+. The Morgan fingerprint density at radius 3 is 2.69 bits per heavy atom. The maximum atomic E-state index is 12.6. The van der Waals surface area contributed by atoms with Crippen molar-refractivity contribution < 1.29 is 19.2 Å². The molecule has 0 bridgehead atoms. The van der Waals surface area contributed by atoms with E-state index in [2.05, 4.69) is 23.6 Å². The summed E-state index contributed by atoms with van der Waals surface area (Å²) in [6, 6.07) is 9.90. The average Bonchev–Trinajstić information content (AvgIpc) is 3.27. The summed E-state index contributed by atoms with van der Waals surface area (Å²) < 4.78 is 8.19. The first-order valence-electron chi connectivity index (χ1n) is 10.0. The fourth-order valence-corrected chi connectivity index (χ4v) is 3.95. The van der Waals surface area contributed by atoms with Gasteiger partial charge in [-0.3, -0.25) is 4.79 Å². The molecule has 2 aromatic carbocycles. The van der Waals surface area contributed by atoms with Crippen LogP contribution >= 0.6 is 0 Å². The Morgan fingerprint density at radius 2 is 1.97 bits per heavy atom. The molecule has 0 unspecified atom stereocenters. The summed E-state index contributed by atoms with van der Waals surface area (Å²) in [6.45, 7) is 6.55. The van der Waals surface area contributed by atoms with Crippen LogP contribution in [0.4, 0.5) is 0 Å². The number of hydrogen-bond acceptors (Lipinski definition) is 5. The van der Waals surface area contributed by atoms with Gasteiger partial charge in [0, 0.05) is 41.9 Å². The summed E-state index contributed by atoms with van der Waals surface area (Å²) in [4.78, 5) is 28.5. The van der Waals surface area contributed by atoms with Gasteiger partial charge in [-0.25, -0.2) is 4.79 Å². The van der Waals surface area contributed by atoms with Crippen LogP contribution in [0.2, 0.25) is 0 Å². The molecule has 1 aliphatic rings. The van der Waals surface area contributed by atoms with Crippen LogP contribution < -0.4 is 4.74 Å². The minimum atomic E-state index is -0.468. The van der Waals surface area contributed by atoms with Crippen LogP contribution in [0.3, 0.4) is 0 Å². The van der Waals surface area contributed by atoms with Crippen LogP contribution in [-0.2, 0) is 16.2 Å². The zero-order valence-electron chi connectivity index (χ0n) is 16.9.